The van der Waals surface area contributed by atoms with Crippen LogP contribution in [0.2, 0.25) is 0 Å². The van der Waals surface area contributed by atoms with Crippen molar-refractivity contribution < 1.29 is 9.84 Å². The van der Waals surface area contributed by atoms with Crippen molar-refractivity contribution in [3.63, 3.8) is 0 Å². The summed E-state index contributed by atoms with van der Waals surface area (Å²) in [6, 6.07) is 8.27. The predicted molar refractivity (Wildman–Crippen MR) is 62.5 cm³/mol. The fraction of sp³-hybridized carbons (Fsp3) is 0.385. The molecule has 2 aromatic rings. The van der Waals surface area contributed by atoms with Crippen molar-refractivity contribution in [2.24, 2.45) is 0 Å². The number of hydrogen-bond donors (Lipinski definition) is 2. The number of aliphatic hydroxyl groups excluding tert-OH is 1. The van der Waals surface area contributed by atoms with Gasteiger partial charge in [-0.3, -0.25) is 0 Å². The third-order valence-corrected chi connectivity index (χ3v) is 3.51. The van der Waals surface area contributed by atoms with Crippen LogP contribution in [0.3, 0.4) is 0 Å². The van der Waals surface area contributed by atoms with E-state index in [-0.39, 0.29) is 12.0 Å². The molecule has 3 heteroatoms. The number of ether oxygens (including phenoxy) is 1. The van der Waals surface area contributed by atoms with Crippen LogP contribution in [-0.4, -0.2) is 29.9 Å². The maximum Gasteiger partial charge on any atom is 0.0587 e. The summed E-state index contributed by atoms with van der Waals surface area (Å²) in [6.45, 7) is 1.65. The normalized spacial score (nSPS) is 18.6. The van der Waals surface area contributed by atoms with Gasteiger partial charge in [0.05, 0.1) is 13.2 Å². The van der Waals surface area contributed by atoms with Crippen LogP contribution in [0.4, 0.5) is 0 Å². The highest BCUT2D eigenvalue weighted by molar-refractivity contribution is 5.84. The maximum atomic E-state index is 9.17. The lowest BCUT2D eigenvalue weighted by Crippen LogP contribution is -2.47. The topological polar surface area (TPSA) is 45.2 Å². The first-order valence-electron chi connectivity index (χ1n) is 5.61. The molecule has 0 atom stereocenters. The minimum absolute atomic E-state index is 0.0222. The molecule has 1 aromatic heterocycles. The zero-order valence-corrected chi connectivity index (χ0v) is 9.07. The summed E-state index contributed by atoms with van der Waals surface area (Å²) in [5.41, 5.74) is 2.46. The zero-order chi connectivity index (χ0) is 11.0. The van der Waals surface area contributed by atoms with Crippen LogP contribution in [0.25, 0.3) is 10.9 Å². The minimum atomic E-state index is 0.0222. The van der Waals surface area contributed by atoms with Gasteiger partial charge in [-0.2, -0.15) is 0 Å². The van der Waals surface area contributed by atoms with E-state index >= 15 is 0 Å². The first kappa shape index (κ1) is 9.87. The van der Waals surface area contributed by atoms with Crippen molar-refractivity contribution in [1.82, 2.24) is 4.98 Å². The Balaban J connectivity index is 2.10. The van der Waals surface area contributed by atoms with E-state index in [1.54, 1.807) is 0 Å². The van der Waals surface area contributed by atoms with Crippen molar-refractivity contribution in [2.45, 2.75) is 11.8 Å². The molecule has 3 nitrogen and oxygen atoms in total. The summed E-state index contributed by atoms with van der Waals surface area (Å²) in [6.07, 6.45) is 2.83. The lowest BCUT2D eigenvalue weighted by atomic mass is 9.76. The molecule has 2 heterocycles. The van der Waals surface area contributed by atoms with Crippen LogP contribution in [0, 0.1) is 0 Å². The van der Waals surface area contributed by atoms with E-state index in [0.717, 1.165) is 25.2 Å². The van der Waals surface area contributed by atoms with E-state index in [4.69, 9.17) is 4.74 Å². The Morgan fingerprint density at radius 2 is 2.12 bits per heavy atom. The molecule has 84 valence electrons. The first-order chi connectivity index (χ1) is 7.86. The van der Waals surface area contributed by atoms with Crippen LogP contribution in [0.5, 0.6) is 0 Å². The van der Waals surface area contributed by atoms with E-state index in [0.29, 0.717) is 0 Å². The van der Waals surface area contributed by atoms with Gasteiger partial charge in [-0.25, -0.2) is 0 Å². The van der Waals surface area contributed by atoms with Gasteiger partial charge in [0.2, 0.25) is 0 Å². The molecule has 1 aromatic carbocycles. The number of nitrogens with one attached hydrogen (secondary N) is 1. The number of benzene rings is 1. The number of para-hydroxylation sites is 1. The van der Waals surface area contributed by atoms with Crippen LogP contribution < -0.4 is 0 Å². The van der Waals surface area contributed by atoms with Crippen molar-refractivity contribution >= 4 is 10.9 Å². The van der Waals surface area contributed by atoms with Gasteiger partial charge >= 0.3 is 0 Å². The molecule has 1 aliphatic rings. The molecule has 1 aliphatic heterocycles. The van der Waals surface area contributed by atoms with Crippen LogP contribution >= 0.6 is 0 Å². The van der Waals surface area contributed by atoms with E-state index in [1.165, 1.54) is 10.9 Å². The Hall–Kier alpha value is -1.32. The van der Waals surface area contributed by atoms with Crippen molar-refractivity contribution in [2.75, 3.05) is 19.8 Å². The number of rotatable bonds is 3. The summed E-state index contributed by atoms with van der Waals surface area (Å²) in [5.74, 6) is 0. The molecule has 0 spiro atoms. The van der Waals surface area contributed by atoms with Gasteiger partial charge in [-0.15, -0.1) is 0 Å². The lowest BCUT2D eigenvalue weighted by molar-refractivity contribution is -0.0693. The number of hydrogen-bond acceptors (Lipinski definition) is 2. The molecule has 0 radical (unpaired) electrons. The second-order valence-corrected chi connectivity index (χ2v) is 4.49. The molecule has 16 heavy (non-hydrogen) atoms. The molecule has 3 rings (SSSR count). The van der Waals surface area contributed by atoms with Crippen molar-refractivity contribution in [3.8, 4) is 0 Å². The zero-order valence-electron chi connectivity index (χ0n) is 9.07. The molecule has 0 aliphatic carbocycles. The standard InChI is InChI=1S/C13H15NO2/c15-6-5-13(8-16-9-13)11-7-14-12-4-2-1-3-10(11)12/h1-4,7,14-15H,5-6,8-9H2. The molecule has 0 saturated carbocycles. The van der Waals surface area contributed by atoms with Crippen LogP contribution in [-0.2, 0) is 10.2 Å². The minimum Gasteiger partial charge on any atom is -0.396 e. The van der Waals surface area contributed by atoms with Crippen LogP contribution in [0.15, 0.2) is 30.5 Å². The van der Waals surface area contributed by atoms with Gasteiger partial charge in [0.25, 0.3) is 0 Å². The van der Waals surface area contributed by atoms with Gasteiger partial charge in [-0.1, -0.05) is 18.2 Å². The van der Waals surface area contributed by atoms with Gasteiger partial charge < -0.3 is 14.8 Å². The highest BCUT2D eigenvalue weighted by Crippen LogP contribution is 2.39. The molecule has 1 saturated heterocycles. The number of fused-ring (bicyclic) bond motifs is 1. The second-order valence-electron chi connectivity index (χ2n) is 4.49. The third-order valence-electron chi connectivity index (χ3n) is 3.51. The van der Waals surface area contributed by atoms with Crippen molar-refractivity contribution in [3.05, 3.63) is 36.0 Å². The Bertz CT molecular complexity index is 499. The molecule has 1 fully saturated rings. The smallest absolute Gasteiger partial charge is 0.0587 e. The second kappa shape index (κ2) is 3.61. The Morgan fingerprint density at radius 1 is 1.31 bits per heavy atom. The summed E-state index contributed by atoms with van der Waals surface area (Å²) in [5, 5.41) is 10.4. The number of H-pyrrole nitrogens is 1. The van der Waals surface area contributed by atoms with Gasteiger partial charge in [-0.05, 0) is 18.1 Å². The molecule has 2 N–H and O–H groups in total. The summed E-state index contributed by atoms with van der Waals surface area (Å²) < 4.78 is 5.34. The quantitative estimate of drug-likeness (QED) is 0.823. The molecule has 0 unspecified atom stereocenters. The van der Waals surface area contributed by atoms with Gasteiger partial charge in [0, 0.05) is 29.1 Å². The Kier molecular flexibility index (Phi) is 2.23. The molecular weight excluding hydrogens is 202 g/mol. The number of aromatic amines is 1. The highest BCUT2D eigenvalue weighted by atomic mass is 16.5. The van der Waals surface area contributed by atoms with Gasteiger partial charge in [0.15, 0.2) is 0 Å². The fourth-order valence-corrected chi connectivity index (χ4v) is 2.51. The van der Waals surface area contributed by atoms with Crippen LogP contribution in [0.1, 0.15) is 12.0 Å². The van der Waals surface area contributed by atoms with Gasteiger partial charge in [0.1, 0.15) is 0 Å². The van der Waals surface area contributed by atoms with E-state index in [9.17, 15) is 5.11 Å². The van der Waals surface area contributed by atoms with E-state index in [2.05, 4.69) is 23.3 Å². The van der Waals surface area contributed by atoms with E-state index < -0.39 is 0 Å². The summed E-state index contributed by atoms with van der Waals surface area (Å²) in [7, 11) is 0. The highest BCUT2D eigenvalue weighted by Gasteiger charge is 2.41. The first-order valence-corrected chi connectivity index (χ1v) is 5.61. The summed E-state index contributed by atoms with van der Waals surface area (Å²) >= 11 is 0. The fourth-order valence-electron chi connectivity index (χ4n) is 2.51. The largest absolute Gasteiger partial charge is 0.396 e. The van der Waals surface area contributed by atoms with E-state index in [1.807, 2.05) is 12.1 Å². The Morgan fingerprint density at radius 3 is 2.81 bits per heavy atom. The predicted octanol–water partition coefficient (Wildman–Crippen LogP) is 1.82. The SMILES string of the molecule is OCCC1(c2c[nH]c3ccccc23)COC1. The molecule has 0 amide bonds. The maximum absolute atomic E-state index is 9.17. The average Bonchev–Trinajstić information content (AvgIpc) is 2.68. The molecule has 0 bridgehead atoms. The average molecular weight is 217 g/mol. The third kappa shape index (κ3) is 1.29. The molecular formula is C13H15NO2. The lowest BCUT2D eigenvalue weighted by Gasteiger charge is -2.41. The van der Waals surface area contributed by atoms with Crippen molar-refractivity contribution in [1.29, 1.82) is 0 Å². The Labute approximate surface area is 94.0 Å². The number of aromatic nitrogens is 1. The number of aliphatic hydroxyl groups is 1. The monoisotopic (exact) mass is 217 g/mol. The summed E-state index contributed by atoms with van der Waals surface area (Å²) in [4.78, 5) is 3.28.